The van der Waals surface area contributed by atoms with E-state index in [9.17, 15) is 4.79 Å². The molecule has 1 aliphatic carbocycles. The number of anilines is 3. The minimum atomic E-state index is -0.268. The van der Waals surface area contributed by atoms with Gasteiger partial charge in [0.2, 0.25) is 0 Å². The van der Waals surface area contributed by atoms with Gasteiger partial charge in [0.25, 0.3) is 5.91 Å². The molecule has 0 spiro atoms. The highest BCUT2D eigenvalue weighted by atomic mass is 79.9. The summed E-state index contributed by atoms with van der Waals surface area (Å²) in [6.45, 7) is 0. The summed E-state index contributed by atoms with van der Waals surface area (Å²) in [5.74, 6) is 0.501. The zero-order valence-corrected chi connectivity index (χ0v) is 21.0. The monoisotopic (exact) mass is 535 g/mol. The Morgan fingerprint density at radius 2 is 1.88 bits per heavy atom. The number of para-hydroxylation sites is 2. The average Bonchev–Trinajstić information content (AvgIpc) is 2.85. The van der Waals surface area contributed by atoms with Crippen molar-refractivity contribution in [3.8, 4) is 5.75 Å². The summed E-state index contributed by atoms with van der Waals surface area (Å²) < 4.78 is 6.36. The third-order valence-corrected chi connectivity index (χ3v) is 6.88. The summed E-state index contributed by atoms with van der Waals surface area (Å²) in [6.07, 6.45) is 4.19. The van der Waals surface area contributed by atoms with Gasteiger partial charge in [-0.2, -0.15) is 0 Å². The second-order valence-corrected chi connectivity index (χ2v) is 9.58. The van der Waals surface area contributed by atoms with Crippen LogP contribution in [0.15, 0.2) is 65.1 Å². The Hall–Kier alpha value is -3.09. The number of rotatable bonds is 5. The van der Waals surface area contributed by atoms with E-state index in [-0.39, 0.29) is 5.91 Å². The van der Waals surface area contributed by atoms with E-state index in [0.717, 1.165) is 63.9 Å². The molecular formula is C27H23BrClN3O2. The van der Waals surface area contributed by atoms with Gasteiger partial charge in [-0.1, -0.05) is 39.7 Å². The van der Waals surface area contributed by atoms with E-state index in [1.54, 1.807) is 25.3 Å². The Morgan fingerprint density at radius 1 is 1.06 bits per heavy atom. The number of benzene rings is 3. The maximum absolute atomic E-state index is 13.0. The molecule has 0 atom stereocenters. The van der Waals surface area contributed by atoms with Crippen molar-refractivity contribution in [2.75, 3.05) is 17.7 Å². The minimum absolute atomic E-state index is 0.268. The Morgan fingerprint density at radius 3 is 2.74 bits per heavy atom. The molecule has 5 rings (SSSR count). The summed E-state index contributed by atoms with van der Waals surface area (Å²) in [6, 6.07) is 18.9. The Labute approximate surface area is 211 Å². The van der Waals surface area contributed by atoms with Gasteiger partial charge >= 0.3 is 0 Å². The number of amides is 1. The fraction of sp³-hybridized carbons (Fsp3) is 0.185. The second kappa shape index (κ2) is 9.65. The van der Waals surface area contributed by atoms with Crippen LogP contribution >= 0.6 is 27.5 Å². The van der Waals surface area contributed by atoms with E-state index in [4.69, 9.17) is 21.3 Å². The summed E-state index contributed by atoms with van der Waals surface area (Å²) in [5, 5.41) is 7.95. The molecule has 1 amide bonds. The zero-order valence-electron chi connectivity index (χ0n) is 18.6. The van der Waals surface area contributed by atoms with Gasteiger partial charge in [-0.15, -0.1) is 0 Å². The normalized spacial score (nSPS) is 12.8. The predicted octanol–water partition coefficient (Wildman–Crippen LogP) is 7.53. The number of halogens is 2. The molecule has 3 aromatic carbocycles. The molecule has 0 saturated carbocycles. The minimum Gasteiger partial charge on any atom is -0.495 e. The van der Waals surface area contributed by atoms with Crippen molar-refractivity contribution < 1.29 is 9.53 Å². The standard InChI is InChI=1S/C27H23BrClN3O2/c1-34-25-9-5-4-8-24(25)32-26-18-6-2-3-7-22(18)31-23-13-11-17(15-20(23)26)30-27(33)19-14-16(28)10-12-21(19)29/h4-5,8-15H,2-3,6-7H2,1H3,(H,30,33)(H,31,32). The topological polar surface area (TPSA) is 63.2 Å². The maximum atomic E-state index is 13.0. The molecule has 172 valence electrons. The van der Waals surface area contributed by atoms with E-state index in [1.807, 2.05) is 42.5 Å². The van der Waals surface area contributed by atoms with Gasteiger partial charge in [-0.3, -0.25) is 9.78 Å². The van der Waals surface area contributed by atoms with Crippen molar-refractivity contribution >= 4 is 61.4 Å². The summed E-state index contributed by atoms with van der Waals surface area (Å²) >= 11 is 9.67. The first-order chi connectivity index (χ1) is 16.5. The van der Waals surface area contributed by atoms with Crippen LogP contribution in [0.4, 0.5) is 17.1 Å². The fourth-order valence-electron chi connectivity index (χ4n) is 4.40. The highest BCUT2D eigenvalue weighted by Crippen LogP contribution is 2.38. The number of methoxy groups -OCH3 is 1. The van der Waals surface area contributed by atoms with Crippen molar-refractivity contribution in [1.29, 1.82) is 0 Å². The second-order valence-electron chi connectivity index (χ2n) is 8.25. The highest BCUT2D eigenvalue weighted by molar-refractivity contribution is 9.10. The Bertz CT molecular complexity index is 1410. The molecule has 34 heavy (non-hydrogen) atoms. The molecule has 0 fully saturated rings. The molecule has 1 aromatic heterocycles. The highest BCUT2D eigenvalue weighted by Gasteiger charge is 2.20. The first kappa shape index (κ1) is 22.7. The third-order valence-electron chi connectivity index (χ3n) is 6.06. The van der Waals surface area contributed by atoms with Crippen LogP contribution < -0.4 is 15.4 Å². The van der Waals surface area contributed by atoms with Crippen molar-refractivity contribution in [2.24, 2.45) is 0 Å². The van der Waals surface area contributed by atoms with Crippen molar-refractivity contribution in [2.45, 2.75) is 25.7 Å². The molecule has 5 nitrogen and oxygen atoms in total. The molecular weight excluding hydrogens is 514 g/mol. The van der Waals surface area contributed by atoms with E-state index in [2.05, 4.69) is 26.6 Å². The number of aryl methyl sites for hydroxylation is 1. The van der Waals surface area contributed by atoms with Gasteiger partial charge in [-0.25, -0.2) is 0 Å². The number of carbonyl (C=O) groups excluding carboxylic acids is 1. The van der Waals surface area contributed by atoms with Crippen molar-refractivity contribution in [1.82, 2.24) is 4.98 Å². The van der Waals surface area contributed by atoms with Gasteiger partial charge < -0.3 is 15.4 Å². The number of fused-ring (bicyclic) bond motifs is 2. The van der Waals surface area contributed by atoms with Crippen LogP contribution in [0.25, 0.3) is 10.9 Å². The number of hydrogen-bond donors (Lipinski definition) is 2. The number of nitrogens with zero attached hydrogens (tertiary/aromatic N) is 1. The summed E-state index contributed by atoms with van der Waals surface area (Å²) in [7, 11) is 1.67. The van der Waals surface area contributed by atoms with Crippen LogP contribution in [-0.4, -0.2) is 18.0 Å². The van der Waals surface area contributed by atoms with Gasteiger partial charge in [0, 0.05) is 21.2 Å². The van der Waals surface area contributed by atoms with Gasteiger partial charge in [-0.05, 0) is 79.8 Å². The van der Waals surface area contributed by atoms with Gasteiger partial charge in [0.1, 0.15) is 5.75 Å². The summed E-state index contributed by atoms with van der Waals surface area (Å²) in [4.78, 5) is 17.9. The van der Waals surface area contributed by atoms with E-state index in [1.165, 1.54) is 5.56 Å². The lowest BCUT2D eigenvalue weighted by atomic mass is 9.92. The molecule has 2 N–H and O–H groups in total. The van der Waals surface area contributed by atoms with Crippen LogP contribution in [0.1, 0.15) is 34.5 Å². The lowest BCUT2D eigenvalue weighted by Gasteiger charge is -2.23. The molecule has 0 unspecified atom stereocenters. The number of ether oxygens (including phenoxy) is 1. The molecule has 7 heteroatoms. The van der Waals surface area contributed by atoms with Crippen molar-refractivity contribution in [3.63, 3.8) is 0 Å². The Balaban J connectivity index is 1.58. The molecule has 1 aliphatic rings. The smallest absolute Gasteiger partial charge is 0.257 e. The molecule has 0 radical (unpaired) electrons. The number of hydrogen-bond acceptors (Lipinski definition) is 4. The molecule has 0 aliphatic heterocycles. The number of nitrogens with one attached hydrogen (secondary N) is 2. The molecule has 1 heterocycles. The predicted molar refractivity (Wildman–Crippen MR) is 142 cm³/mol. The van der Waals surface area contributed by atoms with Crippen LogP contribution in [0.3, 0.4) is 0 Å². The number of carbonyl (C=O) groups is 1. The van der Waals surface area contributed by atoms with Gasteiger partial charge in [0.05, 0.1) is 34.6 Å². The first-order valence-electron chi connectivity index (χ1n) is 11.2. The third kappa shape index (κ3) is 4.48. The molecule has 0 bridgehead atoms. The van der Waals surface area contributed by atoms with Crippen LogP contribution in [0.2, 0.25) is 5.02 Å². The van der Waals surface area contributed by atoms with E-state index >= 15 is 0 Å². The lowest BCUT2D eigenvalue weighted by Crippen LogP contribution is -2.13. The number of pyridine rings is 1. The molecule has 0 saturated heterocycles. The lowest BCUT2D eigenvalue weighted by molar-refractivity contribution is 0.102. The summed E-state index contributed by atoms with van der Waals surface area (Å²) in [5.41, 5.74) is 6.23. The molecule has 4 aromatic rings. The fourth-order valence-corrected chi connectivity index (χ4v) is 4.96. The Kier molecular flexibility index (Phi) is 6.44. The largest absolute Gasteiger partial charge is 0.495 e. The first-order valence-corrected chi connectivity index (χ1v) is 12.3. The van der Waals surface area contributed by atoms with Crippen LogP contribution in [0, 0.1) is 0 Å². The van der Waals surface area contributed by atoms with Crippen LogP contribution in [-0.2, 0) is 12.8 Å². The zero-order chi connectivity index (χ0) is 23.7. The maximum Gasteiger partial charge on any atom is 0.257 e. The van der Waals surface area contributed by atoms with Crippen LogP contribution in [0.5, 0.6) is 5.75 Å². The average molecular weight is 537 g/mol. The van der Waals surface area contributed by atoms with E-state index in [0.29, 0.717) is 16.3 Å². The quantitative estimate of drug-likeness (QED) is 0.277. The van der Waals surface area contributed by atoms with E-state index < -0.39 is 0 Å². The SMILES string of the molecule is COc1ccccc1Nc1c2c(nc3ccc(NC(=O)c4cc(Br)ccc4Cl)cc13)CCCC2. The number of aromatic nitrogens is 1. The van der Waals surface area contributed by atoms with Crippen molar-refractivity contribution in [3.05, 3.63) is 87.0 Å². The van der Waals surface area contributed by atoms with Gasteiger partial charge in [0.15, 0.2) is 0 Å².